The van der Waals surface area contributed by atoms with E-state index in [0.29, 0.717) is 5.92 Å². The van der Waals surface area contributed by atoms with Gasteiger partial charge in [0, 0.05) is 32.3 Å². The maximum absolute atomic E-state index is 5.90. The van der Waals surface area contributed by atoms with Gasteiger partial charge in [0.1, 0.15) is 18.2 Å². The van der Waals surface area contributed by atoms with Gasteiger partial charge in [-0.3, -0.25) is 9.78 Å². The van der Waals surface area contributed by atoms with Crippen LogP contribution in [0.5, 0.6) is 0 Å². The van der Waals surface area contributed by atoms with E-state index in [2.05, 4.69) is 30.6 Å². The molecule has 4 rings (SSSR count). The maximum Gasteiger partial charge on any atom is 0.160 e. The highest BCUT2D eigenvalue weighted by Crippen LogP contribution is 2.34. The van der Waals surface area contributed by atoms with Crippen molar-refractivity contribution >= 4 is 16.9 Å². The van der Waals surface area contributed by atoms with Crippen LogP contribution in [0.2, 0.25) is 0 Å². The second-order valence-electron chi connectivity index (χ2n) is 5.46. The Morgan fingerprint density at radius 3 is 3.27 bits per heavy atom. The summed E-state index contributed by atoms with van der Waals surface area (Å²) >= 11 is 0. The number of H-pyrrole nitrogens is 1. The van der Waals surface area contributed by atoms with Crippen molar-refractivity contribution in [3.05, 3.63) is 30.5 Å². The van der Waals surface area contributed by atoms with Crippen LogP contribution in [-0.2, 0) is 11.8 Å². The predicted octanol–water partition coefficient (Wildman–Crippen LogP) is 1.28. The molecule has 0 aliphatic carbocycles. The summed E-state index contributed by atoms with van der Waals surface area (Å²) in [7, 11) is 1.95. The maximum atomic E-state index is 5.90. The molecule has 0 aromatic carbocycles. The molecule has 0 bridgehead atoms. The van der Waals surface area contributed by atoms with E-state index in [0.717, 1.165) is 42.1 Å². The molecular weight excluding hydrogens is 282 g/mol. The average molecular weight is 299 g/mol. The molecular formula is C14H17N7O. The molecule has 8 nitrogen and oxygen atoms in total. The monoisotopic (exact) mass is 299 g/mol. The minimum atomic E-state index is 0.0710. The molecule has 3 aromatic heterocycles. The third kappa shape index (κ3) is 2.21. The van der Waals surface area contributed by atoms with Crippen molar-refractivity contribution in [2.45, 2.75) is 12.5 Å². The van der Waals surface area contributed by atoms with E-state index in [1.54, 1.807) is 12.4 Å². The van der Waals surface area contributed by atoms with Gasteiger partial charge in [0.2, 0.25) is 0 Å². The van der Waals surface area contributed by atoms with Gasteiger partial charge >= 0.3 is 0 Å². The Labute approximate surface area is 126 Å². The van der Waals surface area contributed by atoms with Crippen molar-refractivity contribution in [1.29, 1.82) is 0 Å². The lowest BCUT2D eigenvalue weighted by Gasteiger charge is -2.19. The summed E-state index contributed by atoms with van der Waals surface area (Å²) in [5, 5.41) is 15.4. The van der Waals surface area contributed by atoms with Gasteiger partial charge < -0.3 is 10.1 Å². The van der Waals surface area contributed by atoms with Crippen LogP contribution < -0.4 is 5.32 Å². The summed E-state index contributed by atoms with van der Waals surface area (Å²) in [4.78, 5) is 8.45. The number of hydrogen-bond acceptors (Lipinski definition) is 6. The van der Waals surface area contributed by atoms with Crippen LogP contribution in [0.3, 0.4) is 0 Å². The third-order valence-corrected chi connectivity index (χ3v) is 4.14. The van der Waals surface area contributed by atoms with Crippen LogP contribution >= 0.6 is 0 Å². The number of anilines is 1. The number of ether oxygens (including phenoxy) is 1. The van der Waals surface area contributed by atoms with E-state index in [-0.39, 0.29) is 6.10 Å². The first-order valence-electron chi connectivity index (χ1n) is 7.30. The zero-order valence-electron chi connectivity index (χ0n) is 12.2. The van der Waals surface area contributed by atoms with Gasteiger partial charge in [-0.05, 0) is 12.5 Å². The second-order valence-corrected chi connectivity index (χ2v) is 5.46. The normalized spacial score (nSPS) is 21.5. The van der Waals surface area contributed by atoms with E-state index in [1.165, 1.54) is 6.33 Å². The molecule has 0 unspecified atom stereocenters. The van der Waals surface area contributed by atoms with Gasteiger partial charge in [0.25, 0.3) is 0 Å². The zero-order chi connectivity index (χ0) is 14.9. The summed E-state index contributed by atoms with van der Waals surface area (Å²) < 4.78 is 7.78. The largest absolute Gasteiger partial charge is 0.372 e. The lowest BCUT2D eigenvalue weighted by atomic mass is 9.99. The number of nitrogens with one attached hydrogen (secondary N) is 2. The minimum absolute atomic E-state index is 0.0710. The summed E-state index contributed by atoms with van der Waals surface area (Å²) in [5.74, 6) is 1.18. The molecule has 0 spiro atoms. The van der Waals surface area contributed by atoms with Crippen molar-refractivity contribution in [2.75, 3.05) is 18.5 Å². The van der Waals surface area contributed by atoms with Crippen molar-refractivity contribution in [2.24, 2.45) is 13.0 Å². The number of rotatable bonds is 4. The molecule has 22 heavy (non-hydrogen) atoms. The molecule has 2 atom stereocenters. The van der Waals surface area contributed by atoms with Crippen molar-refractivity contribution in [3.8, 4) is 0 Å². The summed E-state index contributed by atoms with van der Waals surface area (Å²) in [6.07, 6.45) is 6.17. The molecule has 4 heterocycles. The van der Waals surface area contributed by atoms with Gasteiger partial charge in [-0.1, -0.05) is 0 Å². The molecule has 0 radical (unpaired) electrons. The standard InChI is InChI=1S/C14H17N7O/c1-21-11(2-4-19-21)12-9(3-5-22-12)6-15-13-10-7-18-20-14(10)17-8-16-13/h2,4,7-9,12H,3,5-6H2,1H3,(H2,15,16,17,18,20)/t9-,12+/m0/s1. The molecule has 2 N–H and O–H groups in total. The summed E-state index contributed by atoms with van der Waals surface area (Å²) in [6, 6.07) is 2.02. The van der Waals surface area contributed by atoms with E-state index in [1.807, 2.05) is 17.8 Å². The first-order chi connectivity index (χ1) is 10.8. The molecule has 0 saturated carbocycles. The van der Waals surface area contributed by atoms with Gasteiger partial charge in [-0.2, -0.15) is 10.2 Å². The van der Waals surface area contributed by atoms with E-state index in [4.69, 9.17) is 4.74 Å². The van der Waals surface area contributed by atoms with Crippen LogP contribution in [0.15, 0.2) is 24.8 Å². The fraction of sp³-hybridized carbons (Fsp3) is 0.429. The fourth-order valence-corrected chi connectivity index (χ4v) is 2.97. The molecule has 0 amide bonds. The van der Waals surface area contributed by atoms with Crippen LogP contribution in [-0.4, -0.2) is 43.1 Å². The van der Waals surface area contributed by atoms with Crippen LogP contribution in [0, 0.1) is 5.92 Å². The molecule has 1 aliphatic rings. The summed E-state index contributed by atoms with van der Waals surface area (Å²) in [6.45, 7) is 1.56. The van der Waals surface area contributed by atoms with Crippen molar-refractivity contribution in [1.82, 2.24) is 29.9 Å². The number of hydrogen-bond donors (Lipinski definition) is 2. The lowest BCUT2D eigenvalue weighted by molar-refractivity contribution is 0.0866. The number of fused-ring (bicyclic) bond motifs is 1. The molecule has 1 aliphatic heterocycles. The van der Waals surface area contributed by atoms with Crippen LogP contribution in [0.25, 0.3) is 11.0 Å². The Kier molecular flexibility index (Phi) is 3.23. The Morgan fingerprint density at radius 1 is 1.45 bits per heavy atom. The Hall–Kier alpha value is -2.48. The number of aryl methyl sites for hydroxylation is 1. The highest BCUT2D eigenvalue weighted by molar-refractivity contribution is 5.85. The van der Waals surface area contributed by atoms with Gasteiger partial charge in [0.15, 0.2) is 5.65 Å². The minimum Gasteiger partial charge on any atom is -0.372 e. The SMILES string of the molecule is Cn1nccc1[C@@H]1OCC[C@H]1CNc1ncnc2[nH]ncc12. The molecule has 1 saturated heterocycles. The van der Waals surface area contributed by atoms with Gasteiger partial charge in [-0.25, -0.2) is 9.97 Å². The topological polar surface area (TPSA) is 93.5 Å². The van der Waals surface area contributed by atoms with E-state index >= 15 is 0 Å². The number of aromatic nitrogens is 6. The second kappa shape index (κ2) is 5.38. The Bertz CT molecular complexity index is 780. The van der Waals surface area contributed by atoms with Crippen LogP contribution in [0.4, 0.5) is 5.82 Å². The quantitative estimate of drug-likeness (QED) is 0.753. The average Bonchev–Trinajstić information content (AvgIpc) is 3.24. The van der Waals surface area contributed by atoms with Crippen LogP contribution in [0.1, 0.15) is 18.2 Å². The lowest BCUT2D eigenvalue weighted by Crippen LogP contribution is -2.20. The molecule has 8 heteroatoms. The van der Waals surface area contributed by atoms with Crippen molar-refractivity contribution in [3.63, 3.8) is 0 Å². The highest BCUT2D eigenvalue weighted by atomic mass is 16.5. The van der Waals surface area contributed by atoms with E-state index < -0.39 is 0 Å². The number of nitrogens with zero attached hydrogens (tertiary/aromatic N) is 5. The third-order valence-electron chi connectivity index (χ3n) is 4.14. The summed E-state index contributed by atoms with van der Waals surface area (Å²) in [5.41, 5.74) is 1.85. The number of aromatic amines is 1. The van der Waals surface area contributed by atoms with E-state index in [9.17, 15) is 0 Å². The molecule has 1 fully saturated rings. The van der Waals surface area contributed by atoms with Gasteiger partial charge in [-0.15, -0.1) is 0 Å². The Balaban J connectivity index is 1.51. The van der Waals surface area contributed by atoms with Crippen molar-refractivity contribution < 1.29 is 4.74 Å². The van der Waals surface area contributed by atoms with Gasteiger partial charge in [0.05, 0.1) is 17.3 Å². The molecule has 114 valence electrons. The highest BCUT2D eigenvalue weighted by Gasteiger charge is 2.31. The smallest absolute Gasteiger partial charge is 0.160 e. The predicted molar refractivity (Wildman–Crippen MR) is 80.2 cm³/mol. The Morgan fingerprint density at radius 2 is 2.41 bits per heavy atom. The zero-order valence-corrected chi connectivity index (χ0v) is 12.2. The first-order valence-corrected chi connectivity index (χ1v) is 7.30. The fourth-order valence-electron chi connectivity index (χ4n) is 2.97. The first kappa shape index (κ1) is 13.2. The molecule has 3 aromatic rings.